The van der Waals surface area contributed by atoms with Gasteiger partial charge in [-0.05, 0) is 47.4 Å². The number of rotatable bonds is 6. The largest absolute Gasteiger partial charge is 0.454 e. The molecule has 2 heterocycles. The van der Waals surface area contributed by atoms with Crippen molar-refractivity contribution < 1.29 is 22.7 Å². The van der Waals surface area contributed by atoms with Gasteiger partial charge in [0.05, 0.1) is 10.6 Å². The molecule has 10 heteroatoms. The fourth-order valence-electron chi connectivity index (χ4n) is 3.78. The predicted molar refractivity (Wildman–Crippen MR) is 134 cm³/mol. The first-order chi connectivity index (χ1) is 16.9. The van der Waals surface area contributed by atoms with Gasteiger partial charge in [0.15, 0.2) is 17.5 Å². The van der Waals surface area contributed by atoms with Crippen LogP contribution in [0.2, 0.25) is 0 Å². The number of carbonyl (C=O) groups is 1. The Morgan fingerprint density at radius 3 is 2.25 bits per heavy atom. The molecule has 1 unspecified atom stereocenters. The first kappa shape index (κ1) is 25.4. The first-order valence-corrected chi connectivity index (χ1v) is 13.0. The van der Waals surface area contributed by atoms with E-state index >= 15 is 0 Å². The summed E-state index contributed by atoms with van der Waals surface area (Å²) in [7, 11) is -4.22. The van der Waals surface area contributed by atoms with Crippen molar-refractivity contribution in [2.24, 2.45) is 0 Å². The number of nitrogens with one attached hydrogen (secondary N) is 1. The highest BCUT2D eigenvalue weighted by Gasteiger charge is 2.31. The highest BCUT2D eigenvalue weighted by Crippen LogP contribution is 2.35. The number of nitrogens with zero attached hydrogens (tertiary/aromatic N) is 2. The summed E-state index contributed by atoms with van der Waals surface area (Å²) in [6.07, 6.45) is 0. The standard InChI is InChI=1S/C26H29N3O6S/c1-16(2)17-6-9-19(10-7-17)36(32,33)28-25(31)24(18-8-11-20-21(14-18)35-15-34-20)29-23(30)13-12-22(27-29)26(3,4)5/h6-14,16,24H,15H2,1-5H3,(H,28,31). The second kappa shape index (κ2) is 9.42. The van der Waals surface area contributed by atoms with Gasteiger partial charge in [-0.3, -0.25) is 9.59 Å². The van der Waals surface area contributed by atoms with E-state index in [0.29, 0.717) is 22.8 Å². The summed E-state index contributed by atoms with van der Waals surface area (Å²) < 4.78 is 40.1. The minimum absolute atomic E-state index is 0.0219. The van der Waals surface area contributed by atoms with Crippen molar-refractivity contribution in [1.29, 1.82) is 0 Å². The smallest absolute Gasteiger partial charge is 0.267 e. The monoisotopic (exact) mass is 511 g/mol. The van der Waals surface area contributed by atoms with Crippen molar-refractivity contribution in [2.75, 3.05) is 6.79 Å². The van der Waals surface area contributed by atoms with Crippen molar-refractivity contribution >= 4 is 15.9 Å². The number of sulfonamides is 1. The van der Waals surface area contributed by atoms with Gasteiger partial charge in [0.25, 0.3) is 21.5 Å². The number of hydrogen-bond acceptors (Lipinski definition) is 7. The zero-order valence-corrected chi connectivity index (χ0v) is 21.6. The molecule has 1 amide bonds. The van der Waals surface area contributed by atoms with E-state index in [1.165, 1.54) is 18.2 Å². The Hall–Kier alpha value is -3.66. The third kappa shape index (κ3) is 5.13. The van der Waals surface area contributed by atoms with E-state index in [4.69, 9.17) is 9.47 Å². The van der Waals surface area contributed by atoms with E-state index in [0.717, 1.165) is 10.2 Å². The van der Waals surface area contributed by atoms with Gasteiger partial charge in [0, 0.05) is 11.5 Å². The molecule has 0 saturated carbocycles. The van der Waals surface area contributed by atoms with Crippen molar-refractivity contribution in [1.82, 2.24) is 14.5 Å². The molecule has 0 aliphatic carbocycles. The number of amides is 1. The van der Waals surface area contributed by atoms with Crippen LogP contribution in [0.25, 0.3) is 0 Å². The summed E-state index contributed by atoms with van der Waals surface area (Å²) in [5, 5.41) is 4.45. The molecule has 1 aromatic heterocycles. The molecule has 4 rings (SSSR count). The van der Waals surface area contributed by atoms with Gasteiger partial charge in [0.2, 0.25) is 6.79 Å². The molecule has 0 radical (unpaired) electrons. The van der Waals surface area contributed by atoms with Crippen LogP contribution >= 0.6 is 0 Å². The third-order valence-electron chi connectivity index (χ3n) is 5.89. The molecule has 1 aliphatic rings. The van der Waals surface area contributed by atoms with E-state index < -0.39 is 32.9 Å². The number of benzene rings is 2. The third-order valence-corrected chi connectivity index (χ3v) is 7.25. The Morgan fingerprint density at radius 1 is 0.972 bits per heavy atom. The maximum atomic E-state index is 13.6. The Bertz CT molecular complexity index is 1450. The Labute approximate surface area is 210 Å². The zero-order chi connectivity index (χ0) is 26.3. The number of hydrogen-bond donors (Lipinski definition) is 1. The van der Waals surface area contributed by atoms with E-state index in [-0.39, 0.29) is 17.6 Å². The number of aromatic nitrogens is 2. The number of fused-ring (bicyclic) bond motifs is 1. The van der Waals surface area contributed by atoms with Crippen LogP contribution < -0.4 is 19.8 Å². The summed E-state index contributed by atoms with van der Waals surface area (Å²) in [6, 6.07) is 12.6. The number of carbonyl (C=O) groups excluding carboxylic acids is 1. The zero-order valence-electron chi connectivity index (χ0n) is 20.8. The molecule has 190 valence electrons. The van der Waals surface area contributed by atoms with Crippen molar-refractivity contribution in [3.63, 3.8) is 0 Å². The Balaban J connectivity index is 1.78. The van der Waals surface area contributed by atoms with Crippen LogP contribution in [-0.4, -0.2) is 30.9 Å². The van der Waals surface area contributed by atoms with Crippen LogP contribution in [0.3, 0.4) is 0 Å². The number of ether oxygens (including phenoxy) is 2. The van der Waals surface area contributed by atoms with Crippen molar-refractivity contribution in [2.45, 2.75) is 56.9 Å². The highest BCUT2D eigenvalue weighted by atomic mass is 32.2. The molecule has 36 heavy (non-hydrogen) atoms. The van der Waals surface area contributed by atoms with Gasteiger partial charge in [-0.25, -0.2) is 17.8 Å². The molecule has 0 saturated heterocycles. The summed E-state index contributed by atoms with van der Waals surface area (Å²) >= 11 is 0. The SMILES string of the molecule is CC(C)c1ccc(S(=O)(=O)NC(=O)C(c2ccc3c(c2)OCO3)n2nc(C(C)(C)C)ccc2=O)cc1. The minimum Gasteiger partial charge on any atom is -0.454 e. The summed E-state index contributed by atoms with van der Waals surface area (Å²) in [5.41, 5.74) is 0.874. The molecule has 3 aromatic rings. The van der Waals surface area contributed by atoms with Crippen LogP contribution in [0.1, 0.15) is 63.4 Å². The fraction of sp³-hybridized carbons (Fsp3) is 0.346. The molecule has 2 aromatic carbocycles. The Kier molecular flexibility index (Phi) is 6.66. The lowest BCUT2D eigenvalue weighted by atomic mass is 9.92. The average molecular weight is 512 g/mol. The fourth-order valence-corrected chi connectivity index (χ4v) is 4.76. The van der Waals surface area contributed by atoms with Crippen LogP contribution in [-0.2, 0) is 20.2 Å². The van der Waals surface area contributed by atoms with Gasteiger partial charge in [0.1, 0.15) is 0 Å². The van der Waals surface area contributed by atoms with Crippen LogP contribution in [0, 0.1) is 0 Å². The van der Waals surface area contributed by atoms with Gasteiger partial charge >= 0.3 is 0 Å². The maximum Gasteiger partial charge on any atom is 0.267 e. The summed E-state index contributed by atoms with van der Waals surface area (Å²) in [6.45, 7) is 9.78. The minimum atomic E-state index is -4.22. The molecule has 9 nitrogen and oxygen atoms in total. The highest BCUT2D eigenvalue weighted by molar-refractivity contribution is 7.90. The van der Waals surface area contributed by atoms with E-state index in [1.54, 1.807) is 36.4 Å². The average Bonchev–Trinajstić information content (AvgIpc) is 3.27. The summed E-state index contributed by atoms with van der Waals surface area (Å²) in [5.74, 6) is 0.166. The van der Waals surface area contributed by atoms with E-state index in [9.17, 15) is 18.0 Å². The Morgan fingerprint density at radius 2 is 1.61 bits per heavy atom. The van der Waals surface area contributed by atoms with Crippen molar-refractivity contribution in [3.05, 3.63) is 81.8 Å². The molecule has 1 aliphatic heterocycles. The van der Waals surface area contributed by atoms with Gasteiger partial charge in [-0.1, -0.05) is 52.8 Å². The molecular weight excluding hydrogens is 482 g/mol. The van der Waals surface area contributed by atoms with Crippen molar-refractivity contribution in [3.8, 4) is 11.5 Å². The maximum absolute atomic E-state index is 13.6. The van der Waals surface area contributed by atoms with Gasteiger partial charge < -0.3 is 9.47 Å². The van der Waals surface area contributed by atoms with E-state index in [2.05, 4.69) is 9.82 Å². The normalized spacial score (nSPS) is 14.1. The van der Waals surface area contributed by atoms with Crippen LogP contribution in [0.5, 0.6) is 11.5 Å². The quantitative estimate of drug-likeness (QED) is 0.538. The predicted octanol–water partition coefficient (Wildman–Crippen LogP) is 3.49. The molecule has 0 bridgehead atoms. The molecule has 0 spiro atoms. The molecular formula is C26H29N3O6S. The van der Waals surface area contributed by atoms with Gasteiger partial charge in [-0.15, -0.1) is 0 Å². The second-order valence-corrected chi connectivity index (χ2v) is 11.6. The first-order valence-electron chi connectivity index (χ1n) is 11.5. The van der Waals surface area contributed by atoms with Crippen LogP contribution in [0.15, 0.2) is 64.3 Å². The summed E-state index contributed by atoms with van der Waals surface area (Å²) in [4.78, 5) is 26.4. The lowest BCUT2D eigenvalue weighted by Gasteiger charge is -2.23. The van der Waals surface area contributed by atoms with Gasteiger partial charge in [-0.2, -0.15) is 5.10 Å². The second-order valence-electron chi connectivity index (χ2n) is 9.96. The lowest BCUT2D eigenvalue weighted by molar-refractivity contribution is -0.121. The molecule has 1 atom stereocenters. The van der Waals surface area contributed by atoms with Crippen LogP contribution in [0.4, 0.5) is 0 Å². The molecule has 1 N–H and O–H groups in total. The molecule has 0 fully saturated rings. The lowest BCUT2D eigenvalue weighted by Crippen LogP contribution is -2.42. The topological polar surface area (TPSA) is 117 Å². The van der Waals surface area contributed by atoms with E-state index in [1.807, 2.05) is 34.6 Å².